The van der Waals surface area contributed by atoms with E-state index in [0.29, 0.717) is 6.54 Å². The summed E-state index contributed by atoms with van der Waals surface area (Å²) in [6.07, 6.45) is 3.10. The van der Waals surface area contributed by atoms with Crippen LogP contribution in [-0.2, 0) is 6.54 Å². The fourth-order valence-electron chi connectivity index (χ4n) is 4.41. The number of para-hydroxylation sites is 1. The maximum atomic E-state index is 13.8. The Labute approximate surface area is 180 Å². The summed E-state index contributed by atoms with van der Waals surface area (Å²) >= 11 is 0. The van der Waals surface area contributed by atoms with Crippen molar-refractivity contribution in [3.8, 4) is 5.69 Å². The number of aliphatic imine (C=N–C) groups is 3. The second-order valence-electron chi connectivity index (χ2n) is 8.02. The molecule has 7 nitrogen and oxygen atoms in total. The number of rotatable bonds is 3. The summed E-state index contributed by atoms with van der Waals surface area (Å²) in [7, 11) is 0. The van der Waals surface area contributed by atoms with E-state index in [1.807, 2.05) is 61.7 Å². The molecule has 0 aliphatic carbocycles. The summed E-state index contributed by atoms with van der Waals surface area (Å²) in [5, 5.41) is 8.00. The van der Waals surface area contributed by atoms with Gasteiger partial charge in [0.15, 0.2) is 6.17 Å². The van der Waals surface area contributed by atoms with Crippen molar-refractivity contribution in [2.45, 2.75) is 39.5 Å². The van der Waals surface area contributed by atoms with E-state index in [1.165, 1.54) is 0 Å². The van der Waals surface area contributed by atoms with Gasteiger partial charge in [-0.05, 0) is 48.9 Å². The van der Waals surface area contributed by atoms with Gasteiger partial charge in [0.05, 0.1) is 30.3 Å². The highest BCUT2D eigenvalue weighted by molar-refractivity contribution is 6.00. The third kappa shape index (κ3) is 3.22. The summed E-state index contributed by atoms with van der Waals surface area (Å²) in [4.78, 5) is 27.2. The van der Waals surface area contributed by atoms with E-state index in [1.54, 1.807) is 12.7 Å². The van der Waals surface area contributed by atoms with Gasteiger partial charge in [0.1, 0.15) is 11.9 Å². The molecule has 0 radical (unpaired) electrons. The van der Waals surface area contributed by atoms with Crippen LogP contribution in [0.1, 0.15) is 22.4 Å². The van der Waals surface area contributed by atoms with Crippen molar-refractivity contribution in [3.05, 3.63) is 75.2 Å². The van der Waals surface area contributed by atoms with Gasteiger partial charge in [-0.15, -0.1) is 0 Å². The van der Waals surface area contributed by atoms with Crippen molar-refractivity contribution in [2.24, 2.45) is 15.0 Å². The molecule has 5 rings (SSSR count). The van der Waals surface area contributed by atoms with Crippen molar-refractivity contribution in [2.75, 3.05) is 0 Å². The molecule has 0 fully saturated rings. The molecule has 0 bridgehead atoms. The smallest absolute Gasteiger partial charge is 0.263 e. The Morgan fingerprint density at radius 2 is 1.71 bits per heavy atom. The molecule has 0 amide bonds. The quantitative estimate of drug-likeness (QED) is 0.694. The molecule has 3 aromatic rings. The third-order valence-corrected chi connectivity index (χ3v) is 5.92. The number of aromatic nitrogens is 1. The number of nitrogens with zero attached hydrogens (tertiary/aromatic N) is 4. The van der Waals surface area contributed by atoms with Crippen molar-refractivity contribution in [3.63, 3.8) is 0 Å². The zero-order chi connectivity index (χ0) is 21.5. The Hall–Kier alpha value is -3.74. The highest BCUT2D eigenvalue weighted by atomic mass is 16.1. The van der Waals surface area contributed by atoms with Gasteiger partial charge in [-0.25, -0.2) is 9.98 Å². The Morgan fingerprint density at radius 3 is 2.52 bits per heavy atom. The number of pyridine rings is 1. The first-order valence-electron chi connectivity index (χ1n) is 10.4. The lowest BCUT2D eigenvalue weighted by atomic mass is 10.0. The minimum Gasteiger partial charge on any atom is -0.363 e. The van der Waals surface area contributed by atoms with Crippen LogP contribution in [0.5, 0.6) is 0 Å². The highest BCUT2D eigenvalue weighted by Crippen LogP contribution is 2.24. The largest absolute Gasteiger partial charge is 0.363 e. The first kappa shape index (κ1) is 19.2. The number of amidine groups is 1. The summed E-state index contributed by atoms with van der Waals surface area (Å²) in [5.74, 6) is 0.766. The van der Waals surface area contributed by atoms with Gasteiger partial charge >= 0.3 is 0 Å². The molecule has 2 aliphatic rings. The van der Waals surface area contributed by atoms with E-state index in [2.05, 4.69) is 26.7 Å². The molecule has 3 heterocycles. The topological polar surface area (TPSA) is 83.1 Å². The Kier molecular flexibility index (Phi) is 4.66. The maximum Gasteiger partial charge on any atom is 0.263 e. The lowest BCUT2D eigenvalue weighted by Gasteiger charge is -2.22. The molecule has 2 aliphatic heterocycles. The minimum absolute atomic E-state index is 0.0124. The monoisotopic (exact) mass is 412 g/mol. The van der Waals surface area contributed by atoms with Gasteiger partial charge in [0.2, 0.25) is 0 Å². The van der Waals surface area contributed by atoms with Crippen LogP contribution in [0.15, 0.2) is 62.2 Å². The van der Waals surface area contributed by atoms with Crippen LogP contribution in [0.3, 0.4) is 0 Å². The Morgan fingerprint density at radius 1 is 1.00 bits per heavy atom. The predicted octanol–water partition coefficient (Wildman–Crippen LogP) is 2.77. The van der Waals surface area contributed by atoms with Crippen LogP contribution in [0.2, 0.25) is 0 Å². The van der Waals surface area contributed by atoms with Crippen molar-refractivity contribution < 1.29 is 0 Å². The Bertz CT molecular complexity index is 1310. The molecule has 2 atom stereocenters. The van der Waals surface area contributed by atoms with Crippen molar-refractivity contribution in [1.29, 1.82) is 0 Å². The maximum absolute atomic E-state index is 13.8. The fourth-order valence-corrected chi connectivity index (χ4v) is 4.41. The molecule has 0 saturated carbocycles. The van der Waals surface area contributed by atoms with Crippen LogP contribution >= 0.6 is 0 Å². The number of hydrogen-bond acceptors (Lipinski definition) is 5. The average molecular weight is 412 g/mol. The molecule has 1 aromatic heterocycles. The molecule has 2 unspecified atom stereocenters. The minimum atomic E-state index is -0.194. The SMILES string of the molecule is Cc1cccc(C)c1-n1c(CN=C2NC=NC3N=CNC23)cc2cccc(C)c2c1=O. The van der Waals surface area contributed by atoms with Crippen LogP contribution in [0.4, 0.5) is 0 Å². The molecule has 156 valence electrons. The van der Waals surface area contributed by atoms with Gasteiger partial charge in [-0.2, -0.15) is 0 Å². The van der Waals surface area contributed by atoms with Crippen LogP contribution in [-0.4, -0.2) is 35.3 Å². The van der Waals surface area contributed by atoms with E-state index < -0.39 is 0 Å². The van der Waals surface area contributed by atoms with Gasteiger partial charge < -0.3 is 10.6 Å². The fraction of sp³-hybridized carbons (Fsp3) is 0.250. The standard InChI is InChI=1S/C24H24N6O/c1-14-6-5-9-17-10-18(11-25-22-20-23(27-12-26-20)29-13-28-22)30(24(31)19(14)17)21-15(2)7-4-8-16(21)3/h4-10,12-13,20,23H,11H2,1-3H3,(H,26,27)(H,25,28,29). The van der Waals surface area contributed by atoms with Gasteiger partial charge in [0.25, 0.3) is 5.56 Å². The van der Waals surface area contributed by atoms with Gasteiger partial charge in [-0.3, -0.25) is 14.4 Å². The molecule has 0 spiro atoms. The van der Waals surface area contributed by atoms with Crippen LogP contribution in [0, 0.1) is 20.8 Å². The molecule has 0 saturated heterocycles. The highest BCUT2D eigenvalue weighted by Gasteiger charge is 2.30. The predicted molar refractivity (Wildman–Crippen MR) is 126 cm³/mol. The summed E-state index contributed by atoms with van der Waals surface area (Å²) in [6, 6.07) is 14.0. The third-order valence-electron chi connectivity index (χ3n) is 5.92. The molecular formula is C24H24N6O. The second kappa shape index (κ2) is 7.50. The second-order valence-corrected chi connectivity index (χ2v) is 8.02. The molecule has 7 heteroatoms. The summed E-state index contributed by atoms with van der Waals surface area (Å²) in [6.45, 7) is 6.41. The molecule has 31 heavy (non-hydrogen) atoms. The number of aryl methyl sites for hydroxylation is 3. The van der Waals surface area contributed by atoms with E-state index in [-0.39, 0.29) is 17.8 Å². The van der Waals surface area contributed by atoms with E-state index in [4.69, 9.17) is 4.99 Å². The average Bonchev–Trinajstić information content (AvgIpc) is 3.23. The van der Waals surface area contributed by atoms with E-state index >= 15 is 0 Å². The van der Waals surface area contributed by atoms with Crippen LogP contribution < -0.4 is 16.2 Å². The van der Waals surface area contributed by atoms with Crippen molar-refractivity contribution in [1.82, 2.24) is 15.2 Å². The number of hydrogen-bond donors (Lipinski definition) is 2. The zero-order valence-corrected chi connectivity index (χ0v) is 17.8. The van der Waals surface area contributed by atoms with E-state index in [0.717, 1.165) is 44.7 Å². The first-order chi connectivity index (χ1) is 15.0. The lowest BCUT2D eigenvalue weighted by Crippen LogP contribution is -2.49. The van der Waals surface area contributed by atoms with Crippen molar-refractivity contribution >= 4 is 29.3 Å². The molecule has 2 aromatic carbocycles. The van der Waals surface area contributed by atoms with Crippen LogP contribution in [0.25, 0.3) is 16.5 Å². The lowest BCUT2D eigenvalue weighted by molar-refractivity contribution is 0.633. The van der Waals surface area contributed by atoms with Gasteiger partial charge in [0, 0.05) is 5.69 Å². The normalized spacial score (nSPS) is 20.7. The number of nitrogens with one attached hydrogen (secondary N) is 2. The first-order valence-corrected chi connectivity index (χ1v) is 10.4. The van der Waals surface area contributed by atoms with E-state index in [9.17, 15) is 4.79 Å². The molecule has 2 N–H and O–H groups in total. The van der Waals surface area contributed by atoms with Gasteiger partial charge in [-0.1, -0.05) is 36.4 Å². The Balaban J connectivity index is 1.70. The summed E-state index contributed by atoms with van der Waals surface area (Å²) in [5.41, 5.74) is 4.83. The number of benzene rings is 2. The number of fused-ring (bicyclic) bond motifs is 2. The summed E-state index contributed by atoms with van der Waals surface area (Å²) < 4.78 is 1.83. The molecular weight excluding hydrogens is 388 g/mol. The zero-order valence-electron chi connectivity index (χ0n) is 17.8.